The minimum atomic E-state index is 0.697. The number of aromatic amines is 1. The van der Waals surface area contributed by atoms with E-state index in [4.69, 9.17) is 4.42 Å². The van der Waals surface area contributed by atoms with E-state index in [1.165, 1.54) is 0 Å². The molecular weight excluding hydrogens is 216 g/mol. The van der Waals surface area contributed by atoms with Crippen molar-refractivity contribution in [2.24, 2.45) is 0 Å². The number of imidazole rings is 1. The van der Waals surface area contributed by atoms with Crippen molar-refractivity contribution in [1.82, 2.24) is 15.0 Å². The fraction of sp³-hybridized carbons (Fsp3) is 0.167. The third-order valence-electron chi connectivity index (χ3n) is 2.54. The summed E-state index contributed by atoms with van der Waals surface area (Å²) in [5.41, 5.74) is 1.60. The first-order chi connectivity index (χ1) is 8.24. The summed E-state index contributed by atoms with van der Waals surface area (Å²) in [7, 11) is 3.91. The number of hydrogen-bond donors (Lipinski definition) is 1. The van der Waals surface area contributed by atoms with Crippen LogP contribution in [0.25, 0.3) is 22.7 Å². The topological polar surface area (TPSA) is 58.0 Å². The normalized spacial score (nSPS) is 10.9. The molecule has 0 aliphatic heterocycles. The van der Waals surface area contributed by atoms with E-state index in [-0.39, 0.29) is 0 Å². The third kappa shape index (κ3) is 1.65. The number of anilines is 1. The molecule has 0 saturated carbocycles. The molecule has 0 unspecified atom stereocenters. The van der Waals surface area contributed by atoms with Crippen LogP contribution >= 0.6 is 0 Å². The molecule has 0 fully saturated rings. The van der Waals surface area contributed by atoms with Gasteiger partial charge in [0.2, 0.25) is 0 Å². The first kappa shape index (κ1) is 9.89. The van der Waals surface area contributed by atoms with Gasteiger partial charge in [0.05, 0.1) is 11.8 Å². The molecule has 86 valence electrons. The van der Waals surface area contributed by atoms with Gasteiger partial charge >= 0.3 is 0 Å². The van der Waals surface area contributed by atoms with Crippen molar-refractivity contribution in [1.29, 1.82) is 0 Å². The Morgan fingerprint density at radius 2 is 2.06 bits per heavy atom. The standard InChI is InChI=1S/C12H12N4O/c1-16(2)10-6-5-8-11(14-10)15-12(13-8)9-4-3-7-17-9/h3-7H,1-2H3,(H,13,14,15). The molecule has 0 amide bonds. The van der Waals surface area contributed by atoms with Crippen LogP contribution in [0.4, 0.5) is 5.82 Å². The van der Waals surface area contributed by atoms with Crippen molar-refractivity contribution in [2.45, 2.75) is 0 Å². The second-order valence-electron chi connectivity index (χ2n) is 4.00. The maximum Gasteiger partial charge on any atom is 0.180 e. The van der Waals surface area contributed by atoms with E-state index in [0.29, 0.717) is 11.5 Å². The highest BCUT2D eigenvalue weighted by atomic mass is 16.3. The number of fused-ring (bicyclic) bond motifs is 1. The predicted octanol–water partition coefficient (Wildman–Crippen LogP) is 2.28. The predicted molar refractivity (Wildman–Crippen MR) is 65.9 cm³/mol. The summed E-state index contributed by atoms with van der Waals surface area (Å²) in [5.74, 6) is 2.30. The summed E-state index contributed by atoms with van der Waals surface area (Å²) in [5, 5.41) is 0. The Bertz CT molecular complexity index is 640. The average Bonchev–Trinajstić information content (AvgIpc) is 2.96. The van der Waals surface area contributed by atoms with Crippen LogP contribution in [-0.2, 0) is 0 Å². The lowest BCUT2D eigenvalue weighted by molar-refractivity contribution is 0.578. The van der Waals surface area contributed by atoms with E-state index in [9.17, 15) is 0 Å². The molecule has 5 heteroatoms. The van der Waals surface area contributed by atoms with Crippen LogP contribution in [0.3, 0.4) is 0 Å². The van der Waals surface area contributed by atoms with E-state index in [1.54, 1.807) is 6.26 Å². The molecule has 0 aromatic carbocycles. The zero-order valence-corrected chi connectivity index (χ0v) is 9.64. The van der Waals surface area contributed by atoms with Crippen molar-refractivity contribution in [3.8, 4) is 11.6 Å². The van der Waals surface area contributed by atoms with E-state index >= 15 is 0 Å². The van der Waals surface area contributed by atoms with Crippen molar-refractivity contribution in [3.05, 3.63) is 30.5 Å². The van der Waals surface area contributed by atoms with Gasteiger partial charge in [0.25, 0.3) is 0 Å². The van der Waals surface area contributed by atoms with Crippen LogP contribution in [0.15, 0.2) is 34.9 Å². The lowest BCUT2D eigenvalue weighted by Crippen LogP contribution is -2.10. The van der Waals surface area contributed by atoms with Gasteiger partial charge in [-0.05, 0) is 24.3 Å². The molecule has 3 rings (SSSR count). The monoisotopic (exact) mass is 228 g/mol. The Balaban J connectivity index is 2.13. The summed E-state index contributed by atoms with van der Waals surface area (Å²) in [6, 6.07) is 7.62. The SMILES string of the molecule is CN(C)c1ccc2[nH]c(-c3ccco3)nc2n1. The molecule has 5 nitrogen and oxygen atoms in total. The fourth-order valence-electron chi connectivity index (χ4n) is 1.66. The first-order valence-electron chi connectivity index (χ1n) is 5.32. The molecule has 0 bridgehead atoms. The highest BCUT2D eigenvalue weighted by Crippen LogP contribution is 2.21. The Labute approximate surface area is 98.1 Å². The number of hydrogen-bond acceptors (Lipinski definition) is 4. The number of nitrogens with zero attached hydrogens (tertiary/aromatic N) is 3. The van der Waals surface area contributed by atoms with Gasteiger partial charge in [-0.1, -0.05) is 0 Å². The van der Waals surface area contributed by atoms with Gasteiger partial charge in [-0.15, -0.1) is 0 Å². The summed E-state index contributed by atoms with van der Waals surface area (Å²) >= 11 is 0. The molecule has 1 N–H and O–H groups in total. The Hall–Kier alpha value is -2.30. The molecule has 17 heavy (non-hydrogen) atoms. The highest BCUT2D eigenvalue weighted by Gasteiger charge is 2.09. The number of furan rings is 1. The largest absolute Gasteiger partial charge is 0.461 e. The van der Waals surface area contributed by atoms with Crippen molar-refractivity contribution < 1.29 is 4.42 Å². The number of rotatable bonds is 2. The van der Waals surface area contributed by atoms with Crippen LogP contribution in [0, 0.1) is 0 Å². The zero-order valence-electron chi connectivity index (χ0n) is 9.64. The summed E-state index contributed by atoms with van der Waals surface area (Å²) in [6.07, 6.45) is 1.63. The molecule has 0 radical (unpaired) electrons. The molecule has 0 aliphatic rings. The Kier molecular flexibility index (Phi) is 2.11. The van der Waals surface area contributed by atoms with Gasteiger partial charge in [0.1, 0.15) is 5.82 Å². The van der Waals surface area contributed by atoms with Gasteiger partial charge in [-0.25, -0.2) is 9.97 Å². The summed E-state index contributed by atoms with van der Waals surface area (Å²) < 4.78 is 5.29. The molecule has 0 spiro atoms. The van der Waals surface area contributed by atoms with Gasteiger partial charge in [0, 0.05) is 14.1 Å². The molecule has 0 atom stereocenters. The minimum absolute atomic E-state index is 0.697. The third-order valence-corrected chi connectivity index (χ3v) is 2.54. The highest BCUT2D eigenvalue weighted by molar-refractivity contribution is 5.76. The second kappa shape index (κ2) is 3.62. The smallest absolute Gasteiger partial charge is 0.180 e. The lowest BCUT2D eigenvalue weighted by Gasteiger charge is -2.09. The zero-order chi connectivity index (χ0) is 11.8. The van der Waals surface area contributed by atoms with E-state index < -0.39 is 0 Å². The number of pyridine rings is 1. The van der Waals surface area contributed by atoms with E-state index in [2.05, 4.69) is 15.0 Å². The van der Waals surface area contributed by atoms with Gasteiger partial charge in [-0.3, -0.25) is 0 Å². The van der Waals surface area contributed by atoms with Crippen LogP contribution in [-0.4, -0.2) is 29.0 Å². The quantitative estimate of drug-likeness (QED) is 0.731. The molecule has 3 heterocycles. The first-order valence-corrected chi connectivity index (χ1v) is 5.32. The molecule has 0 saturated heterocycles. The Morgan fingerprint density at radius 1 is 1.18 bits per heavy atom. The van der Waals surface area contributed by atoms with Crippen LogP contribution < -0.4 is 4.90 Å². The van der Waals surface area contributed by atoms with Gasteiger partial charge in [-0.2, -0.15) is 0 Å². The molecular formula is C12H12N4O. The van der Waals surface area contributed by atoms with Crippen LogP contribution in [0.1, 0.15) is 0 Å². The maximum atomic E-state index is 5.29. The van der Waals surface area contributed by atoms with Crippen molar-refractivity contribution in [2.75, 3.05) is 19.0 Å². The summed E-state index contributed by atoms with van der Waals surface area (Å²) in [6.45, 7) is 0. The second-order valence-corrected chi connectivity index (χ2v) is 4.00. The minimum Gasteiger partial charge on any atom is -0.461 e. The van der Waals surface area contributed by atoms with Crippen molar-refractivity contribution in [3.63, 3.8) is 0 Å². The molecule has 0 aliphatic carbocycles. The van der Waals surface area contributed by atoms with Gasteiger partial charge in [0.15, 0.2) is 17.2 Å². The number of nitrogens with one attached hydrogen (secondary N) is 1. The lowest BCUT2D eigenvalue weighted by atomic mass is 10.4. The summed E-state index contributed by atoms with van der Waals surface area (Å²) in [4.78, 5) is 14.0. The van der Waals surface area contributed by atoms with E-state index in [1.807, 2.05) is 43.3 Å². The van der Waals surface area contributed by atoms with Crippen molar-refractivity contribution >= 4 is 17.0 Å². The Morgan fingerprint density at radius 3 is 2.76 bits per heavy atom. The maximum absolute atomic E-state index is 5.29. The van der Waals surface area contributed by atoms with Crippen LogP contribution in [0.2, 0.25) is 0 Å². The van der Waals surface area contributed by atoms with Crippen LogP contribution in [0.5, 0.6) is 0 Å². The number of H-pyrrole nitrogens is 1. The average molecular weight is 228 g/mol. The molecule has 3 aromatic rings. The number of aromatic nitrogens is 3. The fourth-order valence-corrected chi connectivity index (χ4v) is 1.66. The molecule has 3 aromatic heterocycles. The van der Waals surface area contributed by atoms with E-state index in [0.717, 1.165) is 17.1 Å². The van der Waals surface area contributed by atoms with Gasteiger partial charge < -0.3 is 14.3 Å².